The molecule has 0 aromatic carbocycles. The number of furan rings is 1. The summed E-state index contributed by atoms with van der Waals surface area (Å²) in [6, 6.07) is 3.10. The van der Waals surface area contributed by atoms with Gasteiger partial charge in [-0.1, -0.05) is 27.7 Å². The highest BCUT2D eigenvalue weighted by Gasteiger charge is 2.27. The van der Waals surface area contributed by atoms with Crippen LogP contribution in [0, 0.1) is 11.3 Å². The number of aliphatic hydroxyl groups is 1. The van der Waals surface area contributed by atoms with Gasteiger partial charge in [-0.05, 0) is 30.4 Å². The smallest absolute Gasteiger partial charge is 0.314 e. The summed E-state index contributed by atoms with van der Waals surface area (Å²) < 4.78 is 5.15. The second-order valence-electron chi connectivity index (χ2n) is 6.58. The molecular weight excluding hydrogens is 256 g/mol. The second-order valence-corrected chi connectivity index (χ2v) is 6.58. The third kappa shape index (κ3) is 4.89. The minimum Gasteiger partial charge on any atom is -0.466 e. The number of nitrogens with one attached hydrogen (secondary N) is 2. The Morgan fingerprint density at radius 2 is 2.00 bits per heavy atom. The van der Waals surface area contributed by atoms with E-state index in [1.807, 2.05) is 0 Å². The van der Waals surface area contributed by atoms with Crippen LogP contribution in [-0.2, 0) is 5.60 Å². The number of carbonyl (C=O) groups excluding carboxylic acids is 1. The highest BCUT2D eigenvalue weighted by atomic mass is 16.4. The maximum absolute atomic E-state index is 11.7. The van der Waals surface area contributed by atoms with Crippen LogP contribution in [0.1, 0.15) is 40.4 Å². The van der Waals surface area contributed by atoms with E-state index in [1.165, 1.54) is 6.26 Å². The summed E-state index contributed by atoms with van der Waals surface area (Å²) in [5, 5.41) is 15.7. The first-order chi connectivity index (χ1) is 9.13. The molecule has 3 N–H and O–H groups in total. The molecule has 0 bridgehead atoms. The van der Waals surface area contributed by atoms with Crippen molar-refractivity contribution in [2.45, 2.75) is 40.2 Å². The fraction of sp³-hybridized carbons (Fsp3) is 0.667. The first-order valence-electron chi connectivity index (χ1n) is 6.91. The van der Waals surface area contributed by atoms with E-state index in [0.29, 0.717) is 18.2 Å². The van der Waals surface area contributed by atoms with Crippen LogP contribution in [0.25, 0.3) is 0 Å². The van der Waals surface area contributed by atoms with Crippen LogP contribution in [0.5, 0.6) is 0 Å². The third-order valence-electron chi connectivity index (χ3n) is 3.69. The molecule has 1 aromatic rings. The topological polar surface area (TPSA) is 74.5 Å². The van der Waals surface area contributed by atoms with Crippen molar-refractivity contribution < 1.29 is 14.3 Å². The first-order valence-corrected chi connectivity index (χ1v) is 6.91. The van der Waals surface area contributed by atoms with Gasteiger partial charge in [0.05, 0.1) is 12.8 Å². The number of hydrogen-bond acceptors (Lipinski definition) is 3. The Labute approximate surface area is 120 Å². The van der Waals surface area contributed by atoms with E-state index >= 15 is 0 Å². The van der Waals surface area contributed by atoms with E-state index in [4.69, 9.17) is 4.42 Å². The summed E-state index contributed by atoms with van der Waals surface area (Å²) in [6.07, 6.45) is 1.49. The van der Waals surface area contributed by atoms with Gasteiger partial charge in [-0.15, -0.1) is 0 Å². The Morgan fingerprint density at radius 3 is 2.50 bits per heavy atom. The lowest BCUT2D eigenvalue weighted by Gasteiger charge is -2.27. The minimum absolute atomic E-state index is 0.0935. The molecule has 0 aliphatic rings. The fourth-order valence-corrected chi connectivity index (χ4v) is 1.54. The average Bonchev–Trinajstić information content (AvgIpc) is 2.86. The normalized spacial score (nSPS) is 16.3. The highest BCUT2D eigenvalue weighted by Crippen LogP contribution is 2.24. The van der Waals surface area contributed by atoms with Crippen LogP contribution in [0.2, 0.25) is 0 Å². The molecule has 0 fully saturated rings. The van der Waals surface area contributed by atoms with E-state index in [2.05, 4.69) is 38.3 Å². The van der Waals surface area contributed by atoms with Crippen LogP contribution in [0.3, 0.4) is 0 Å². The van der Waals surface area contributed by atoms with Gasteiger partial charge in [0.25, 0.3) is 0 Å². The third-order valence-corrected chi connectivity index (χ3v) is 3.69. The molecule has 20 heavy (non-hydrogen) atoms. The molecule has 0 radical (unpaired) electrons. The maximum Gasteiger partial charge on any atom is 0.314 e. The van der Waals surface area contributed by atoms with Crippen molar-refractivity contribution in [1.82, 2.24) is 10.6 Å². The largest absolute Gasteiger partial charge is 0.466 e. The number of urea groups is 1. The lowest BCUT2D eigenvalue weighted by Crippen LogP contribution is -2.45. The van der Waals surface area contributed by atoms with Crippen LogP contribution in [0.15, 0.2) is 22.8 Å². The van der Waals surface area contributed by atoms with Crippen LogP contribution in [-0.4, -0.2) is 24.2 Å². The zero-order chi connectivity index (χ0) is 15.4. The van der Waals surface area contributed by atoms with Gasteiger partial charge in [-0.3, -0.25) is 0 Å². The number of carbonyl (C=O) groups is 1. The molecule has 1 rings (SSSR count). The van der Waals surface area contributed by atoms with E-state index in [9.17, 15) is 9.90 Å². The predicted molar refractivity (Wildman–Crippen MR) is 78.3 cm³/mol. The van der Waals surface area contributed by atoms with Gasteiger partial charge in [-0.25, -0.2) is 4.79 Å². The average molecular weight is 282 g/mol. The Hall–Kier alpha value is -1.49. The molecule has 0 spiro atoms. The van der Waals surface area contributed by atoms with Gasteiger partial charge in [-0.2, -0.15) is 0 Å². The van der Waals surface area contributed by atoms with E-state index in [1.54, 1.807) is 19.1 Å². The van der Waals surface area contributed by atoms with Crippen LogP contribution >= 0.6 is 0 Å². The summed E-state index contributed by atoms with van der Waals surface area (Å²) in [4.78, 5) is 11.7. The van der Waals surface area contributed by atoms with Crippen molar-refractivity contribution in [3.8, 4) is 0 Å². The zero-order valence-corrected chi connectivity index (χ0v) is 13.0. The van der Waals surface area contributed by atoms with Gasteiger partial charge in [0.1, 0.15) is 11.4 Å². The maximum atomic E-state index is 11.7. The van der Waals surface area contributed by atoms with Crippen molar-refractivity contribution >= 4 is 6.03 Å². The van der Waals surface area contributed by atoms with E-state index in [0.717, 1.165) is 0 Å². The SMILES string of the molecule is C[C@H](CNC(=O)NC[C@](C)(O)c1ccco1)C(C)(C)C. The number of amides is 2. The van der Waals surface area contributed by atoms with E-state index < -0.39 is 5.60 Å². The van der Waals surface area contributed by atoms with Crippen molar-refractivity contribution in [2.24, 2.45) is 11.3 Å². The fourth-order valence-electron chi connectivity index (χ4n) is 1.54. The molecule has 2 atom stereocenters. The number of rotatable bonds is 5. The molecule has 0 aliphatic carbocycles. The molecule has 0 saturated carbocycles. The lowest BCUT2D eigenvalue weighted by molar-refractivity contribution is 0.0367. The second kappa shape index (κ2) is 6.31. The Kier molecular flexibility index (Phi) is 5.22. The molecule has 1 aromatic heterocycles. The Balaban J connectivity index is 2.37. The lowest BCUT2D eigenvalue weighted by atomic mass is 9.82. The Bertz CT molecular complexity index is 419. The van der Waals surface area contributed by atoms with Gasteiger partial charge in [0.2, 0.25) is 0 Å². The summed E-state index contributed by atoms with van der Waals surface area (Å²) in [5.41, 5.74) is -1.07. The molecule has 114 valence electrons. The van der Waals surface area contributed by atoms with E-state index in [-0.39, 0.29) is 18.0 Å². The van der Waals surface area contributed by atoms with Gasteiger partial charge in [0.15, 0.2) is 0 Å². The van der Waals surface area contributed by atoms with Crippen LogP contribution in [0.4, 0.5) is 4.79 Å². The predicted octanol–water partition coefficient (Wildman–Crippen LogP) is 2.47. The molecular formula is C15H26N2O3. The molecule has 5 nitrogen and oxygen atoms in total. The van der Waals surface area contributed by atoms with Gasteiger partial charge >= 0.3 is 6.03 Å². The molecule has 1 heterocycles. The van der Waals surface area contributed by atoms with Crippen LogP contribution < -0.4 is 10.6 Å². The first kappa shape index (κ1) is 16.6. The minimum atomic E-state index is -1.21. The summed E-state index contributed by atoms with van der Waals surface area (Å²) in [7, 11) is 0. The molecule has 0 unspecified atom stereocenters. The molecule has 5 heteroatoms. The summed E-state index contributed by atoms with van der Waals surface area (Å²) >= 11 is 0. The van der Waals surface area contributed by atoms with Gasteiger partial charge in [0, 0.05) is 6.54 Å². The Morgan fingerprint density at radius 1 is 1.35 bits per heavy atom. The van der Waals surface area contributed by atoms with Crippen molar-refractivity contribution in [1.29, 1.82) is 0 Å². The van der Waals surface area contributed by atoms with Crippen molar-refractivity contribution in [2.75, 3.05) is 13.1 Å². The summed E-state index contributed by atoms with van der Waals surface area (Å²) in [5.74, 6) is 0.791. The molecule has 2 amide bonds. The van der Waals surface area contributed by atoms with Crippen molar-refractivity contribution in [3.05, 3.63) is 24.2 Å². The monoisotopic (exact) mass is 282 g/mol. The quantitative estimate of drug-likeness (QED) is 0.776. The van der Waals surface area contributed by atoms with Gasteiger partial charge < -0.3 is 20.2 Å². The number of hydrogen-bond donors (Lipinski definition) is 3. The standard InChI is InChI=1S/C15H26N2O3/c1-11(14(2,3)4)9-16-13(18)17-10-15(5,19)12-7-6-8-20-12/h6-8,11,19H,9-10H2,1-5H3,(H2,16,17,18)/t11-,15+/m1/s1. The molecule has 0 aliphatic heterocycles. The van der Waals surface area contributed by atoms with Crippen molar-refractivity contribution in [3.63, 3.8) is 0 Å². The zero-order valence-electron chi connectivity index (χ0n) is 13.0. The molecule has 0 saturated heterocycles. The highest BCUT2D eigenvalue weighted by molar-refractivity contribution is 5.73. The summed E-state index contributed by atoms with van der Waals surface area (Å²) in [6.45, 7) is 10.8.